The highest BCUT2D eigenvalue weighted by Crippen LogP contribution is 2.15. The van der Waals surface area contributed by atoms with Gasteiger partial charge in [-0.3, -0.25) is 4.79 Å². The van der Waals surface area contributed by atoms with Crippen LogP contribution in [-0.2, 0) is 4.74 Å². The van der Waals surface area contributed by atoms with Crippen molar-refractivity contribution in [1.82, 2.24) is 9.78 Å². The number of hydrogen-bond acceptors (Lipinski definition) is 5. The number of carbonyl (C=O) groups is 1. The molecule has 0 unspecified atom stereocenters. The molecule has 0 atom stereocenters. The SMILES string of the molecule is COC(=O)c1nn(-c2cccc(OC)c2)ccc1=O. The van der Waals surface area contributed by atoms with Crippen molar-refractivity contribution in [1.29, 1.82) is 0 Å². The number of esters is 1. The number of methoxy groups -OCH3 is 2. The second kappa shape index (κ2) is 5.34. The first kappa shape index (κ1) is 12.8. The molecule has 2 rings (SSSR count). The minimum atomic E-state index is -0.762. The lowest BCUT2D eigenvalue weighted by Crippen LogP contribution is -2.21. The summed E-state index contributed by atoms with van der Waals surface area (Å²) in [5, 5.41) is 3.96. The van der Waals surface area contributed by atoms with Gasteiger partial charge in [0, 0.05) is 18.3 Å². The minimum absolute atomic E-state index is 0.257. The first-order chi connectivity index (χ1) is 9.15. The van der Waals surface area contributed by atoms with Crippen LogP contribution in [0.2, 0.25) is 0 Å². The zero-order valence-corrected chi connectivity index (χ0v) is 10.5. The summed E-state index contributed by atoms with van der Waals surface area (Å²) < 4.78 is 11.0. The summed E-state index contributed by atoms with van der Waals surface area (Å²) in [5.41, 5.74) is -0.0664. The average Bonchev–Trinajstić information content (AvgIpc) is 2.47. The third-order valence-corrected chi connectivity index (χ3v) is 2.50. The Labute approximate surface area is 109 Å². The molecule has 2 aromatic rings. The summed E-state index contributed by atoms with van der Waals surface area (Å²) in [6.07, 6.45) is 1.48. The van der Waals surface area contributed by atoms with Crippen LogP contribution in [0.4, 0.5) is 0 Å². The Bertz CT molecular complexity index is 664. The number of aromatic nitrogens is 2. The molecule has 0 bridgehead atoms. The third kappa shape index (κ3) is 2.62. The molecule has 6 nitrogen and oxygen atoms in total. The molecule has 0 amide bonds. The van der Waals surface area contributed by atoms with E-state index in [0.717, 1.165) is 0 Å². The fraction of sp³-hybridized carbons (Fsp3) is 0.154. The Hall–Kier alpha value is -2.63. The van der Waals surface area contributed by atoms with Gasteiger partial charge in [-0.25, -0.2) is 9.48 Å². The standard InChI is InChI=1S/C13H12N2O4/c1-18-10-5-3-4-9(8-10)15-7-6-11(16)12(14-15)13(17)19-2/h3-8H,1-2H3. The number of ether oxygens (including phenoxy) is 2. The van der Waals surface area contributed by atoms with Gasteiger partial charge >= 0.3 is 5.97 Å². The number of carbonyl (C=O) groups excluding carboxylic acids is 1. The van der Waals surface area contributed by atoms with Crippen molar-refractivity contribution in [3.05, 3.63) is 52.4 Å². The highest BCUT2D eigenvalue weighted by atomic mass is 16.5. The summed E-state index contributed by atoms with van der Waals surface area (Å²) in [7, 11) is 2.75. The lowest BCUT2D eigenvalue weighted by atomic mass is 10.3. The molecule has 0 saturated heterocycles. The molecular weight excluding hydrogens is 248 g/mol. The number of hydrogen-bond donors (Lipinski definition) is 0. The third-order valence-electron chi connectivity index (χ3n) is 2.50. The summed E-state index contributed by atoms with van der Waals surface area (Å²) >= 11 is 0. The Morgan fingerprint density at radius 2 is 2.05 bits per heavy atom. The van der Waals surface area contributed by atoms with E-state index in [9.17, 15) is 9.59 Å². The van der Waals surface area contributed by atoms with Crippen LogP contribution >= 0.6 is 0 Å². The van der Waals surface area contributed by atoms with Gasteiger partial charge in [-0.2, -0.15) is 5.10 Å². The van der Waals surface area contributed by atoms with Gasteiger partial charge in [0.15, 0.2) is 0 Å². The van der Waals surface area contributed by atoms with Gasteiger partial charge < -0.3 is 9.47 Å². The van der Waals surface area contributed by atoms with Crippen molar-refractivity contribution in [2.45, 2.75) is 0 Å². The maximum absolute atomic E-state index is 11.5. The van der Waals surface area contributed by atoms with E-state index in [2.05, 4.69) is 9.84 Å². The largest absolute Gasteiger partial charge is 0.497 e. The molecule has 0 aliphatic rings. The van der Waals surface area contributed by atoms with Gasteiger partial charge in [0.1, 0.15) is 5.75 Å². The van der Waals surface area contributed by atoms with Crippen molar-refractivity contribution in [3.63, 3.8) is 0 Å². The lowest BCUT2D eigenvalue weighted by molar-refractivity contribution is 0.0590. The number of rotatable bonds is 3. The van der Waals surface area contributed by atoms with Crippen LogP contribution in [0.25, 0.3) is 5.69 Å². The highest BCUT2D eigenvalue weighted by Gasteiger charge is 2.13. The molecule has 0 aliphatic heterocycles. The molecule has 0 N–H and O–H groups in total. The first-order valence-corrected chi connectivity index (χ1v) is 5.48. The van der Waals surface area contributed by atoms with Crippen LogP contribution < -0.4 is 10.2 Å². The zero-order valence-electron chi connectivity index (χ0n) is 10.5. The van der Waals surface area contributed by atoms with E-state index in [1.807, 2.05) is 0 Å². The maximum Gasteiger partial charge on any atom is 0.362 e. The van der Waals surface area contributed by atoms with Gasteiger partial charge in [-0.1, -0.05) is 6.07 Å². The van der Waals surface area contributed by atoms with E-state index in [4.69, 9.17) is 4.74 Å². The minimum Gasteiger partial charge on any atom is -0.497 e. The van der Waals surface area contributed by atoms with Gasteiger partial charge in [0.25, 0.3) is 0 Å². The number of nitrogens with zero attached hydrogens (tertiary/aromatic N) is 2. The van der Waals surface area contributed by atoms with E-state index in [-0.39, 0.29) is 5.69 Å². The van der Waals surface area contributed by atoms with E-state index in [0.29, 0.717) is 11.4 Å². The van der Waals surface area contributed by atoms with Crippen molar-refractivity contribution < 1.29 is 14.3 Å². The normalized spacial score (nSPS) is 10.0. The fourth-order valence-electron chi connectivity index (χ4n) is 1.54. The summed E-state index contributed by atoms with van der Waals surface area (Å²) in [4.78, 5) is 22.9. The molecule has 1 heterocycles. The quantitative estimate of drug-likeness (QED) is 0.771. The molecule has 1 aromatic heterocycles. The average molecular weight is 260 g/mol. The lowest BCUT2D eigenvalue weighted by Gasteiger charge is -2.07. The van der Waals surface area contributed by atoms with Crippen LogP contribution in [0.5, 0.6) is 5.75 Å². The van der Waals surface area contributed by atoms with Crippen molar-refractivity contribution in [2.75, 3.05) is 14.2 Å². The Morgan fingerprint density at radius 3 is 2.74 bits per heavy atom. The summed E-state index contributed by atoms with van der Waals surface area (Å²) in [6.45, 7) is 0. The maximum atomic E-state index is 11.5. The van der Waals surface area contributed by atoms with Gasteiger partial charge in [-0.15, -0.1) is 0 Å². The van der Waals surface area contributed by atoms with Gasteiger partial charge in [0.2, 0.25) is 11.1 Å². The van der Waals surface area contributed by atoms with E-state index < -0.39 is 11.4 Å². The van der Waals surface area contributed by atoms with Crippen molar-refractivity contribution in [2.24, 2.45) is 0 Å². The molecule has 98 valence electrons. The number of benzene rings is 1. The molecular formula is C13H12N2O4. The topological polar surface area (TPSA) is 70.4 Å². The summed E-state index contributed by atoms with van der Waals surface area (Å²) in [6, 6.07) is 8.34. The monoisotopic (exact) mass is 260 g/mol. The molecule has 0 radical (unpaired) electrons. The van der Waals surface area contributed by atoms with E-state index in [1.165, 1.54) is 24.1 Å². The molecule has 0 fully saturated rings. The fourth-order valence-corrected chi connectivity index (χ4v) is 1.54. The molecule has 6 heteroatoms. The molecule has 0 aliphatic carbocycles. The first-order valence-electron chi connectivity index (χ1n) is 5.48. The van der Waals surface area contributed by atoms with E-state index >= 15 is 0 Å². The molecule has 0 spiro atoms. The Balaban J connectivity index is 2.51. The van der Waals surface area contributed by atoms with E-state index in [1.54, 1.807) is 31.4 Å². The van der Waals surface area contributed by atoms with Crippen LogP contribution in [0.15, 0.2) is 41.3 Å². The van der Waals surface area contributed by atoms with Crippen LogP contribution in [-0.4, -0.2) is 30.0 Å². The smallest absolute Gasteiger partial charge is 0.362 e. The molecule has 0 saturated carbocycles. The zero-order chi connectivity index (χ0) is 13.8. The second-order valence-corrected chi connectivity index (χ2v) is 3.67. The van der Waals surface area contributed by atoms with Crippen molar-refractivity contribution >= 4 is 5.97 Å². The highest BCUT2D eigenvalue weighted by molar-refractivity contribution is 5.86. The van der Waals surface area contributed by atoms with Crippen LogP contribution in [0.1, 0.15) is 10.5 Å². The van der Waals surface area contributed by atoms with Crippen LogP contribution in [0, 0.1) is 0 Å². The van der Waals surface area contributed by atoms with Gasteiger partial charge in [-0.05, 0) is 12.1 Å². The molecule has 1 aromatic carbocycles. The summed E-state index contributed by atoms with van der Waals surface area (Å²) in [5.74, 6) is -0.111. The Morgan fingerprint density at radius 1 is 1.26 bits per heavy atom. The Kier molecular flexibility index (Phi) is 3.61. The molecule has 19 heavy (non-hydrogen) atoms. The second-order valence-electron chi connectivity index (χ2n) is 3.67. The predicted molar refractivity (Wildman–Crippen MR) is 67.7 cm³/mol. The van der Waals surface area contributed by atoms with Gasteiger partial charge in [0.05, 0.1) is 19.9 Å². The van der Waals surface area contributed by atoms with Crippen LogP contribution in [0.3, 0.4) is 0 Å². The van der Waals surface area contributed by atoms with Crippen molar-refractivity contribution in [3.8, 4) is 11.4 Å². The predicted octanol–water partition coefficient (Wildman–Crippen LogP) is 1.03.